The predicted octanol–water partition coefficient (Wildman–Crippen LogP) is 1.79. The van der Waals surface area contributed by atoms with Gasteiger partial charge in [0, 0.05) is 26.1 Å². The number of benzene rings is 1. The van der Waals surface area contributed by atoms with Crippen LogP contribution in [-0.2, 0) is 9.53 Å². The highest BCUT2D eigenvalue weighted by atomic mass is 16.5. The first kappa shape index (κ1) is 14.8. The lowest BCUT2D eigenvalue weighted by Gasteiger charge is -2.12. The molecule has 0 aromatic heterocycles. The number of carbonyl (C=O) groups is 1. The summed E-state index contributed by atoms with van der Waals surface area (Å²) in [5, 5.41) is 6.11. The maximum Gasteiger partial charge on any atom is 0.225 e. The van der Waals surface area contributed by atoms with E-state index in [9.17, 15) is 4.79 Å². The van der Waals surface area contributed by atoms with Crippen LogP contribution < -0.4 is 15.4 Å². The molecule has 0 aliphatic carbocycles. The van der Waals surface area contributed by atoms with Crippen LogP contribution in [0.15, 0.2) is 24.3 Å². The van der Waals surface area contributed by atoms with E-state index in [0.717, 1.165) is 26.0 Å². The molecular weight excluding hydrogens is 256 g/mol. The molecule has 0 radical (unpaired) electrons. The number of hydrogen-bond acceptors (Lipinski definition) is 4. The van der Waals surface area contributed by atoms with Gasteiger partial charge >= 0.3 is 0 Å². The Hall–Kier alpha value is -1.59. The van der Waals surface area contributed by atoms with Gasteiger partial charge in [0.25, 0.3) is 0 Å². The van der Waals surface area contributed by atoms with Crippen LogP contribution in [-0.4, -0.2) is 38.8 Å². The van der Waals surface area contributed by atoms with Crippen molar-refractivity contribution in [3.05, 3.63) is 24.3 Å². The van der Waals surface area contributed by atoms with Crippen LogP contribution >= 0.6 is 0 Å². The number of ether oxygens (including phenoxy) is 2. The largest absolute Gasteiger partial charge is 0.495 e. The van der Waals surface area contributed by atoms with Crippen LogP contribution in [0.2, 0.25) is 0 Å². The Morgan fingerprint density at radius 1 is 1.45 bits per heavy atom. The number of hydrogen-bond donors (Lipinski definition) is 2. The quantitative estimate of drug-likeness (QED) is 0.747. The van der Waals surface area contributed by atoms with Crippen LogP contribution in [0, 0.1) is 0 Å². The van der Waals surface area contributed by atoms with Gasteiger partial charge < -0.3 is 20.1 Å². The number of rotatable bonds is 7. The van der Waals surface area contributed by atoms with E-state index < -0.39 is 0 Å². The smallest absolute Gasteiger partial charge is 0.225 e. The summed E-state index contributed by atoms with van der Waals surface area (Å²) in [4.78, 5) is 11.8. The van der Waals surface area contributed by atoms with Crippen LogP contribution in [0.25, 0.3) is 0 Å². The molecule has 1 atom stereocenters. The van der Waals surface area contributed by atoms with Crippen LogP contribution in [0.4, 0.5) is 5.69 Å². The molecule has 1 aliphatic rings. The third-order valence-electron chi connectivity index (χ3n) is 3.31. The van der Waals surface area contributed by atoms with E-state index in [-0.39, 0.29) is 5.91 Å². The summed E-state index contributed by atoms with van der Waals surface area (Å²) in [5.41, 5.74) is 0.708. The molecule has 0 saturated carbocycles. The van der Waals surface area contributed by atoms with E-state index >= 15 is 0 Å². The Morgan fingerprint density at radius 2 is 2.30 bits per heavy atom. The fraction of sp³-hybridized carbons (Fsp3) is 0.533. The Labute approximate surface area is 119 Å². The zero-order chi connectivity index (χ0) is 14.2. The second-order valence-electron chi connectivity index (χ2n) is 4.84. The molecule has 0 spiro atoms. The summed E-state index contributed by atoms with van der Waals surface area (Å²) in [7, 11) is 1.59. The highest BCUT2D eigenvalue weighted by Crippen LogP contribution is 2.22. The summed E-state index contributed by atoms with van der Waals surface area (Å²) >= 11 is 0. The molecule has 1 heterocycles. The standard InChI is InChI=1S/C15H22N2O3/c1-19-14-7-3-2-6-13(14)17-15(18)8-9-16-11-12-5-4-10-20-12/h2-3,6-7,12,16H,4-5,8-11H2,1H3,(H,17,18). The molecule has 2 rings (SSSR count). The molecule has 1 saturated heterocycles. The Kier molecular flexibility index (Phi) is 5.83. The molecule has 0 bridgehead atoms. The molecule has 5 heteroatoms. The summed E-state index contributed by atoms with van der Waals surface area (Å²) in [5.74, 6) is 0.655. The van der Waals surface area contributed by atoms with Crippen molar-refractivity contribution in [3.8, 4) is 5.75 Å². The van der Waals surface area contributed by atoms with Crippen molar-refractivity contribution in [2.45, 2.75) is 25.4 Å². The van der Waals surface area contributed by atoms with Crippen molar-refractivity contribution in [3.63, 3.8) is 0 Å². The van der Waals surface area contributed by atoms with Gasteiger partial charge in [-0.15, -0.1) is 0 Å². The van der Waals surface area contributed by atoms with Gasteiger partial charge in [0.1, 0.15) is 5.75 Å². The third kappa shape index (κ3) is 4.51. The summed E-state index contributed by atoms with van der Waals surface area (Å²) < 4.78 is 10.7. The minimum atomic E-state index is -0.0191. The number of para-hydroxylation sites is 2. The lowest BCUT2D eigenvalue weighted by molar-refractivity contribution is -0.116. The van der Waals surface area contributed by atoms with Gasteiger partial charge in [0.2, 0.25) is 5.91 Å². The van der Waals surface area contributed by atoms with E-state index in [0.29, 0.717) is 30.5 Å². The summed E-state index contributed by atoms with van der Waals surface area (Å²) in [6, 6.07) is 7.40. The molecule has 1 unspecified atom stereocenters. The average molecular weight is 278 g/mol. The minimum Gasteiger partial charge on any atom is -0.495 e. The molecule has 110 valence electrons. The molecule has 1 aromatic rings. The van der Waals surface area contributed by atoms with Crippen LogP contribution in [0.3, 0.4) is 0 Å². The van der Waals surface area contributed by atoms with Gasteiger partial charge in [-0.2, -0.15) is 0 Å². The summed E-state index contributed by atoms with van der Waals surface area (Å²) in [6.07, 6.45) is 3.00. The second kappa shape index (κ2) is 7.87. The maximum atomic E-state index is 11.8. The van der Waals surface area contributed by atoms with Crippen molar-refractivity contribution in [2.75, 3.05) is 32.1 Å². The van der Waals surface area contributed by atoms with Gasteiger partial charge in [-0.05, 0) is 25.0 Å². The van der Waals surface area contributed by atoms with E-state index in [1.54, 1.807) is 7.11 Å². The molecule has 1 aliphatic heterocycles. The number of methoxy groups -OCH3 is 1. The summed E-state index contributed by atoms with van der Waals surface area (Å²) in [6.45, 7) is 2.34. The van der Waals surface area contributed by atoms with Crippen molar-refractivity contribution in [1.29, 1.82) is 0 Å². The highest BCUT2D eigenvalue weighted by molar-refractivity contribution is 5.92. The van der Waals surface area contributed by atoms with Gasteiger partial charge in [-0.3, -0.25) is 4.79 Å². The topological polar surface area (TPSA) is 59.6 Å². The number of nitrogens with one attached hydrogen (secondary N) is 2. The minimum absolute atomic E-state index is 0.0191. The zero-order valence-corrected chi connectivity index (χ0v) is 11.9. The molecule has 1 aromatic carbocycles. The lowest BCUT2D eigenvalue weighted by Crippen LogP contribution is -2.29. The van der Waals surface area contributed by atoms with Crippen LogP contribution in [0.1, 0.15) is 19.3 Å². The molecular formula is C15H22N2O3. The van der Waals surface area contributed by atoms with Gasteiger partial charge in [-0.1, -0.05) is 12.1 Å². The molecule has 1 amide bonds. The Morgan fingerprint density at radius 3 is 3.05 bits per heavy atom. The van der Waals surface area contributed by atoms with E-state index in [1.807, 2.05) is 24.3 Å². The fourth-order valence-corrected chi connectivity index (χ4v) is 2.23. The first-order chi connectivity index (χ1) is 9.79. The number of carbonyl (C=O) groups excluding carboxylic acids is 1. The lowest BCUT2D eigenvalue weighted by atomic mass is 10.2. The van der Waals surface area contributed by atoms with Crippen molar-refractivity contribution >= 4 is 11.6 Å². The Balaban J connectivity index is 1.67. The van der Waals surface area contributed by atoms with Crippen molar-refractivity contribution in [2.24, 2.45) is 0 Å². The SMILES string of the molecule is COc1ccccc1NC(=O)CCNCC1CCCO1. The molecule has 20 heavy (non-hydrogen) atoms. The highest BCUT2D eigenvalue weighted by Gasteiger charge is 2.14. The monoisotopic (exact) mass is 278 g/mol. The zero-order valence-electron chi connectivity index (χ0n) is 11.9. The average Bonchev–Trinajstić information content (AvgIpc) is 2.97. The van der Waals surface area contributed by atoms with E-state index in [1.165, 1.54) is 0 Å². The fourth-order valence-electron chi connectivity index (χ4n) is 2.23. The van der Waals surface area contributed by atoms with Gasteiger partial charge in [-0.25, -0.2) is 0 Å². The molecule has 2 N–H and O–H groups in total. The predicted molar refractivity (Wildman–Crippen MR) is 78.1 cm³/mol. The Bertz CT molecular complexity index is 431. The third-order valence-corrected chi connectivity index (χ3v) is 3.31. The van der Waals surface area contributed by atoms with Crippen molar-refractivity contribution < 1.29 is 14.3 Å². The number of amides is 1. The van der Waals surface area contributed by atoms with Crippen LogP contribution in [0.5, 0.6) is 5.75 Å². The first-order valence-corrected chi connectivity index (χ1v) is 7.05. The molecule has 5 nitrogen and oxygen atoms in total. The van der Waals surface area contributed by atoms with Gasteiger partial charge in [0.15, 0.2) is 0 Å². The normalized spacial score (nSPS) is 17.9. The van der Waals surface area contributed by atoms with E-state index in [2.05, 4.69) is 10.6 Å². The second-order valence-corrected chi connectivity index (χ2v) is 4.84. The maximum absolute atomic E-state index is 11.8. The van der Waals surface area contributed by atoms with Crippen molar-refractivity contribution in [1.82, 2.24) is 5.32 Å². The molecule has 1 fully saturated rings. The van der Waals surface area contributed by atoms with E-state index in [4.69, 9.17) is 9.47 Å². The number of anilines is 1. The first-order valence-electron chi connectivity index (χ1n) is 7.05. The van der Waals surface area contributed by atoms with Gasteiger partial charge in [0.05, 0.1) is 18.9 Å².